The van der Waals surface area contributed by atoms with Crippen LogP contribution >= 0.6 is 0 Å². The molecule has 0 aliphatic heterocycles. The lowest BCUT2D eigenvalue weighted by molar-refractivity contribution is 0.101. The standard InChI is InChI=1S/C11H11NO4S/c1-2-16-11(13)10(8-12)17(14,15)9-6-4-3-5-7-9/h3-7,13H,2H2,1H3. The van der Waals surface area contributed by atoms with Gasteiger partial charge in [0.25, 0.3) is 0 Å². The Hall–Kier alpha value is -2.00. The van der Waals surface area contributed by atoms with Gasteiger partial charge in [0.1, 0.15) is 6.07 Å². The highest BCUT2D eigenvalue weighted by Crippen LogP contribution is 2.20. The predicted molar refractivity (Wildman–Crippen MR) is 60.5 cm³/mol. The van der Waals surface area contributed by atoms with Gasteiger partial charge in [-0.2, -0.15) is 5.26 Å². The lowest BCUT2D eigenvalue weighted by Gasteiger charge is -2.05. The average Bonchev–Trinajstić information content (AvgIpc) is 2.31. The van der Waals surface area contributed by atoms with E-state index < -0.39 is 20.7 Å². The molecule has 0 radical (unpaired) electrons. The number of aliphatic hydroxyl groups is 1. The van der Waals surface area contributed by atoms with Crippen molar-refractivity contribution in [3.05, 3.63) is 41.2 Å². The van der Waals surface area contributed by atoms with Crippen molar-refractivity contribution in [2.24, 2.45) is 0 Å². The largest absolute Gasteiger partial charge is 0.479 e. The van der Waals surface area contributed by atoms with E-state index in [1.165, 1.54) is 30.3 Å². The maximum absolute atomic E-state index is 12.0. The van der Waals surface area contributed by atoms with E-state index in [-0.39, 0.29) is 11.5 Å². The van der Waals surface area contributed by atoms with E-state index in [1.54, 1.807) is 13.0 Å². The molecule has 1 N–H and O–H groups in total. The molecule has 1 rings (SSSR count). The fourth-order valence-electron chi connectivity index (χ4n) is 1.14. The van der Waals surface area contributed by atoms with Gasteiger partial charge in [-0.25, -0.2) is 8.42 Å². The van der Waals surface area contributed by atoms with Gasteiger partial charge >= 0.3 is 5.95 Å². The van der Waals surface area contributed by atoms with Gasteiger partial charge in [0, 0.05) is 0 Å². The SMILES string of the molecule is CCOC(O)=C(C#N)S(=O)(=O)c1ccccc1. The second-order valence-electron chi connectivity index (χ2n) is 3.00. The summed E-state index contributed by atoms with van der Waals surface area (Å²) in [4.78, 5) is -0.853. The number of nitriles is 1. The van der Waals surface area contributed by atoms with Crippen LogP contribution in [-0.4, -0.2) is 20.1 Å². The van der Waals surface area contributed by atoms with Crippen molar-refractivity contribution in [3.63, 3.8) is 0 Å². The van der Waals surface area contributed by atoms with Crippen LogP contribution in [-0.2, 0) is 14.6 Å². The number of nitrogens with zero attached hydrogens (tertiary/aromatic N) is 1. The second-order valence-corrected chi connectivity index (χ2v) is 4.88. The molecule has 0 heterocycles. The molecule has 0 unspecified atom stereocenters. The quantitative estimate of drug-likeness (QED) is 0.652. The zero-order chi connectivity index (χ0) is 12.9. The minimum atomic E-state index is -4.03. The molecular formula is C11H11NO4S. The molecule has 5 nitrogen and oxygen atoms in total. The van der Waals surface area contributed by atoms with E-state index in [4.69, 9.17) is 5.26 Å². The summed E-state index contributed by atoms with van der Waals surface area (Å²) in [6.45, 7) is 1.64. The molecule has 17 heavy (non-hydrogen) atoms. The Morgan fingerprint density at radius 1 is 1.41 bits per heavy atom. The molecule has 1 aromatic carbocycles. The zero-order valence-corrected chi connectivity index (χ0v) is 9.94. The topological polar surface area (TPSA) is 87.4 Å². The molecule has 0 aromatic heterocycles. The molecule has 0 saturated carbocycles. The van der Waals surface area contributed by atoms with Gasteiger partial charge in [-0.05, 0) is 19.1 Å². The van der Waals surface area contributed by atoms with Gasteiger partial charge in [0.2, 0.25) is 14.7 Å². The number of hydrogen-bond acceptors (Lipinski definition) is 5. The first-order chi connectivity index (χ1) is 8.04. The molecule has 0 bridgehead atoms. The highest BCUT2D eigenvalue weighted by molar-refractivity contribution is 7.95. The van der Waals surface area contributed by atoms with E-state index in [1.807, 2.05) is 0 Å². The van der Waals surface area contributed by atoms with E-state index in [2.05, 4.69) is 4.74 Å². The van der Waals surface area contributed by atoms with Crippen LogP contribution in [0, 0.1) is 11.3 Å². The summed E-state index contributed by atoms with van der Waals surface area (Å²) in [5.74, 6) is -0.876. The van der Waals surface area contributed by atoms with Gasteiger partial charge in [-0.3, -0.25) is 0 Å². The predicted octanol–water partition coefficient (Wildman–Crippen LogP) is 1.75. The average molecular weight is 253 g/mol. The summed E-state index contributed by atoms with van der Waals surface area (Å²) in [5.41, 5.74) is 0. The van der Waals surface area contributed by atoms with Crippen LogP contribution in [0.2, 0.25) is 0 Å². The monoisotopic (exact) mass is 253 g/mol. The van der Waals surface area contributed by atoms with E-state index in [0.717, 1.165) is 0 Å². The van der Waals surface area contributed by atoms with Crippen LogP contribution in [0.3, 0.4) is 0 Å². The number of allylic oxidation sites excluding steroid dienone is 1. The number of sulfone groups is 1. The summed E-state index contributed by atoms with van der Waals surface area (Å²) in [6, 6.07) is 8.83. The van der Waals surface area contributed by atoms with Gasteiger partial charge in [0.15, 0.2) is 0 Å². The summed E-state index contributed by atoms with van der Waals surface area (Å²) in [6.07, 6.45) is 0. The molecule has 0 atom stereocenters. The smallest absolute Gasteiger partial charge is 0.307 e. The van der Waals surface area contributed by atoms with Gasteiger partial charge < -0.3 is 9.84 Å². The number of aliphatic hydroxyl groups excluding tert-OH is 1. The summed E-state index contributed by atoms with van der Waals surface area (Å²) in [5, 5.41) is 18.2. The van der Waals surface area contributed by atoms with Crippen LogP contribution in [0.4, 0.5) is 0 Å². The van der Waals surface area contributed by atoms with Crippen molar-refractivity contribution in [2.75, 3.05) is 6.61 Å². The fraction of sp³-hybridized carbons (Fsp3) is 0.182. The third-order valence-electron chi connectivity index (χ3n) is 1.90. The maximum Gasteiger partial charge on any atom is 0.307 e. The van der Waals surface area contributed by atoms with Crippen molar-refractivity contribution in [1.82, 2.24) is 0 Å². The minimum Gasteiger partial charge on any atom is -0.479 e. The first-order valence-corrected chi connectivity index (χ1v) is 6.28. The number of ether oxygens (including phenoxy) is 1. The van der Waals surface area contributed by atoms with E-state index >= 15 is 0 Å². The fourth-order valence-corrected chi connectivity index (χ4v) is 2.30. The third-order valence-corrected chi connectivity index (χ3v) is 3.60. The Morgan fingerprint density at radius 3 is 2.47 bits per heavy atom. The van der Waals surface area contributed by atoms with Gasteiger partial charge in [-0.15, -0.1) is 0 Å². The molecule has 0 aliphatic rings. The van der Waals surface area contributed by atoms with Crippen molar-refractivity contribution in [2.45, 2.75) is 11.8 Å². The number of rotatable bonds is 4. The lowest BCUT2D eigenvalue weighted by Crippen LogP contribution is -2.08. The molecule has 0 spiro atoms. The number of benzene rings is 1. The van der Waals surface area contributed by atoms with Crippen LogP contribution in [0.25, 0.3) is 0 Å². The highest BCUT2D eigenvalue weighted by Gasteiger charge is 2.25. The Bertz CT molecular complexity index is 555. The number of hydrogen-bond donors (Lipinski definition) is 1. The molecule has 0 amide bonds. The second kappa shape index (κ2) is 5.37. The summed E-state index contributed by atoms with van der Waals surface area (Å²) in [7, 11) is -4.03. The molecule has 0 saturated heterocycles. The van der Waals surface area contributed by atoms with Crippen LogP contribution in [0.15, 0.2) is 46.1 Å². The first kappa shape index (κ1) is 13.1. The van der Waals surface area contributed by atoms with E-state index in [9.17, 15) is 13.5 Å². The first-order valence-electron chi connectivity index (χ1n) is 4.80. The molecule has 0 fully saturated rings. The van der Waals surface area contributed by atoms with Crippen LogP contribution in [0.1, 0.15) is 6.92 Å². The third kappa shape index (κ3) is 2.77. The Labute approximate surface area is 99.5 Å². The normalized spacial score (nSPS) is 12.5. The molecule has 0 aliphatic carbocycles. The molecule has 90 valence electrons. The Balaban J connectivity index is 3.32. The minimum absolute atomic E-state index is 0.0668. The summed E-state index contributed by atoms with van der Waals surface area (Å²) >= 11 is 0. The van der Waals surface area contributed by atoms with Crippen molar-refractivity contribution < 1.29 is 18.3 Å². The maximum atomic E-state index is 12.0. The van der Waals surface area contributed by atoms with E-state index in [0.29, 0.717) is 0 Å². The Kier molecular flexibility index (Phi) is 4.12. The molecule has 1 aromatic rings. The lowest BCUT2D eigenvalue weighted by atomic mass is 10.4. The Morgan fingerprint density at radius 2 is 2.00 bits per heavy atom. The van der Waals surface area contributed by atoms with Crippen LogP contribution in [0.5, 0.6) is 0 Å². The zero-order valence-electron chi connectivity index (χ0n) is 9.12. The molecule has 6 heteroatoms. The van der Waals surface area contributed by atoms with Gasteiger partial charge in [-0.1, -0.05) is 18.2 Å². The van der Waals surface area contributed by atoms with Crippen molar-refractivity contribution in [3.8, 4) is 6.07 Å². The van der Waals surface area contributed by atoms with Crippen molar-refractivity contribution in [1.29, 1.82) is 5.26 Å². The highest BCUT2D eigenvalue weighted by atomic mass is 32.2. The van der Waals surface area contributed by atoms with Crippen LogP contribution < -0.4 is 0 Å². The summed E-state index contributed by atoms with van der Waals surface area (Å²) < 4.78 is 28.6. The molecular weight excluding hydrogens is 242 g/mol. The van der Waals surface area contributed by atoms with Crippen molar-refractivity contribution >= 4 is 9.84 Å². The van der Waals surface area contributed by atoms with Gasteiger partial charge in [0.05, 0.1) is 11.5 Å².